The predicted octanol–water partition coefficient (Wildman–Crippen LogP) is 3.17. The minimum absolute atomic E-state index is 0.0538. The Labute approximate surface area is 134 Å². The molecule has 1 N–H and O–H groups in total. The molecule has 1 aromatic carbocycles. The lowest BCUT2D eigenvalue weighted by Gasteiger charge is -2.15. The maximum Gasteiger partial charge on any atom is 0.253 e. The largest absolute Gasteiger partial charge is 0.465 e. The van der Waals surface area contributed by atoms with E-state index in [2.05, 4.69) is 5.32 Å². The molecule has 1 aromatic heterocycles. The minimum atomic E-state index is -0.250. The Hall–Kier alpha value is -2.82. The van der Waals surface area contributed by atoms with E-state index in [1.54, 1.807) is 48.7 Å². The summed E-state index contributed by atoms with van der Waals surface area (Å²) < 4.78 is 5.12. The molecule has 1 aliphatic rings. The van der Waals surface area contributed by atoms with Crippen LogP contribution in [0, 0.1) is 0 Å². The zero-order chi connectivity index (χ0) is 16.1. The SMILES string of the molecule is O=C(/C=C/c1ccco1)Nc1ccc(C(=O)N2CCCC2)cc1. The highest BCUT2D eigenvalue weighted by Gasteiger charge is 2.19. The first kappa shape index (κ1) is 15.1. The van der Waals surface area contributed by atoms with Crippen molar-refractivity contribution < 1.29 is 14.0 Å². The molecule has 1 aliphatic heterocycles. The van der Waals surface area contributed by atoms with E-state index < -0.39 is 0 Å². The molecule has 0 spiro atoms. The molecule has 0 unspecified atom stereocenters. The first-order valence-electron chi connectivity index (χ1n) is 7.64. The summed E-state index contributed by atoms with van der Waals surface area (Å²) >= 11 is 0. The van der Waals surface area contributed by atoms with E-state index in [1.165, 1.54) is 6.08 Å². The van der Waals surface area contributed by atoms with Gasteiger partial charge >= 0.3 is 0 Å². The molecule has 2 heterocycles. The number of amides is 2. The fourth-order valence-electron chi connectivity index (χ4n) is 2.53. The van der Waals surface area contributed by atoms with E-state index in [0.29, 0.717) is 17.0 Å². The number of anilines is 1. The number of likely N-dealkylation sites (tertiary alicyclic amines) is 1. The Kier molecular flexibility index (Phi) is 4.57. The average molecular weight is 310 g/mol. The normalized spacial score (nSPS) is 14.3. The first-order valence-corrected chi connectivity index (χ1v) is 7.64. The molecular weight excluding hydrogens is 292 g/mol. The third-order valence-corrected chi connectivity index (χ3v) is 3.73. The lowest BCUT2D eigenvalue weighted by atomic mass is 10.2. The fraction of sp³-hybridized carbons (Fsp3) is 0.222. The quantitative estimate of drug-likeness (QED) is 0.882. The number of hydrogen-bond acceptors (Lipinski definition) is 3. The van der Waals surface area contributed by atoms with Crippen LogP contribution < -0.4 is 5.32 Å². The summed E-state index contributed by atoms with van der Waals surface area (Å²) in [4.78, 5) is 25.9. The molecule has 0 aliphatic carbocycles. The topological polar surface area (TPSA) is 62.6 Å². The summed E-state index contributed by atoms with van der Waals surface area (Å²) in [6, 6.07) is 10.5. The number of rotatable bonds is 4. The number of benzene rings is 1. The Morgan fingerprint density at radius 2 is 1.83 bits per heavy atom. The van der Waals surface area contributed by atoms with Crippen LogP contribution >= 0.6 is 0 Å². The van der Waals surface area contributed by atoms with Crippen molar-refractivity contribution in [1.82, 2.24) is 4.90 Å². The van der Waals surface area contributed by atoms with Gasteiger partial charge in [0.1, 0.15) is 5.76 Å². The second kappa shape index (κ2) is 6.96. The lowest BCUT2D eigenvalue weighted by molar-refractivity contribution is -0.111. The maximum absolute atomic E-state index is 12.2. The van der Waals surface area contributed by atoms with E-state index in [-0.39, 0.29) is 11.8 Å². The smallest absolute Gasteiger partial charge is 0.253 e. The molecule has 0 radical (unpaired) electrons. The van der Waals surface area contributed by atoms with E-state index in [9.17, 15) is 9.59 Å². The van der Waals surface area contributed by atoms with Crippen LogP contribution in [0.3, 0.4) is 0 Å². The van der Waals surface area contributed by atoms with Crippen LogP contribution in [0.1, 0.15) is 29.0 Å². The first-order chi connectivity index (χ1) is 11.2. The van der Waals surface area contributed by atoms with Gasteiger partial charge in [-0.15, -0.1) is 0 Å². The highest BCUT2D eigenvalue weighted by molar-refractivity contribution is 6.02. The van der Waals surface area contributed by atoms with E-state index in [1.807, 2.05) is 4.90 Å². The molecule has 118 valence electrons. The molecule has 0 atom stereocenters. The van der Waals surface area contributed by atoms with Crippen LogP contribution in [0.25, 0.3) is 6.08 Å². The molecule has 5 nitrogen and oxygen atoms in total. The third kappa shape index (κ3) is 3.88. The van der Waals surface area contributed by atoms with Crippen LogP contribution in [0.4, 0.5) is 5.69 Å². The summed E-state index contributed by atoms with van der Waals surface area (Å²) in [5, 5.41) is 2.75. The zero-order valence-electron chi connectivity index (χ0n) is 12.7. The van der Waals surface area contributed by atoms with Gasteiger partial charge in [-0.05, 0) is 55.3 Å². The second-order valence-corrected chi connectivity index (χ2v) is 5.41. The van der Waals surface area contributed by atoms with Crippen LogP contribution in [0.5, 0.6) is 0 Å². The summed E-state index contributed by atoms with van der Waals surface area (Å²) in [6.45, 7) is 1.66. The second-order valence-electron chi connectivity index (χ2n) is 5.41. The molecule has 3 rings (SSSR count). The van der Waals surface area contributed by atoms with Crippen molar-refractivity contribution in [3.8, 4) is 0 Å². The van der Waals surface area contributed by atoms with E-state index in [0.717, 1.165) is 25.9 Å². The number of nitrogens with zero attached hydrogens (tertiary/aromatic N) is 1. The van der Waals surface area contributed by atoms with Crippen molar-refractivity contribution in [3.05, 3.63) is 60.1 Å². The van der Waals surface area contributed by atoms with E-state index >= 15 is 0 Å². The van der Waals surface area contributed by atoms with Crippen molar-refractivity contribution in [3.63, 3.8) is 0 Å². The van der Waals surface area contributed by atoms with Crippen molar-refractivity contribution in [2.24, 2.45) is 0 Å². The predicted molar refractivity (Wildman–Crippen MR) is 88.0 cm³/mol. The van der Waals surface area contributed by atoms with Gasteiger partial charge in [-0.3, -0.25) is 9.59 Å². The standard InChI is InChI=1S/C18H18N2O3/c21-17(10-9-16-4-3-13-23-16)19-15-7-5-14(6-8-15)18(22)20-11-1-2-12-20/h3-10,13H,1-2,11-12H2,(H,19,21)/b10-9+. The van der Waals surface area contributed by atoms with Gasteiger partial charge in [0.25, 0.3) is 5.91 Å². The monoisotopic (exact) mass is 310 g/mol. The van der Waals surface area contributed by atoms with Gasteiger partial charge in [0.05, 0.1) is 6.26 Å². The molecule has 0 bridgehead atoms. The van der Waals surface area contributed by atoms with Gasteiger partial charge in [-0.2, -0.15) is 0 Å². The molecule has 5 heteroatoms. The Bertz CT molecular complexity index is 696. The number of carbonyl (C=O) groups is 2. The van der Waals surface area contributed by atoms with Crippen LogP contribution in [-0.4, -0.2) is 29.8 Å². The number of furan rings is 1. The average Bonchev–Trinajstić information content (AvgIpc) is 3.26. The van der Waals surface area contributed by atoms with Gasteiger partial charge in [0.15, 0.2) is 0 Å². The molecular formula is C18H18N2O3. The van der Waals surface area contributed by atoms with Crippen LogP contribution in [0.2, 0.25) is 0 Å². The van der Waals surface area contributed by atoms with Crippen LogP contribution in [-0.2, 0) is 4.79 Å². The van der Waals surface area contributed by atoms with Crippen molar-refractivity contribution >= 4 is 23.6 Å². The molecule has 2 amide bonds. The van der Waals surface area contributed by atoms with Gasteiger partial charge in [0.2, 0.25) is 5.91 Å². The Morgan fingerprint density at radius 3 is 2.48 bits per heavy atom. The van der Waals surface area contributed by atoms with Crippen molar-refractivity contribution in [1.29, 1.82) is 0 Å². The number of carbonyl (C=O) groups excluding carboxylic acids is 2. The van der Waals surface area contributed by atoms with Gasteiger partial charge < -0.3 is 14.6 Å². The van der Waals surface area contributed by atoms with Crippen molar-refractivity contribution in [2.45, 2.75) is 12.8 Å². The number of hydrogen-bond donors (Lipinski definition) is 1. The summed E-state index contributed by atoms with van der Waals surface area (Å²) in [7, 11) is 0. The Morgan fingerprint density at radius 1 is 1.09 bits per heavy atom. The molecule has 23 heavy (non-hydrogen) atoms. The summed E-state index contributed by atoms with van der Waals surface area (Å²) in [5.74, 6) is 0.421. The lowest BCUT2D eigenvalue weighted by Crippen LogP contribution is -2.27. The summed E-state index contributed by atoms with van der Waals surface area (Å²) in [5.41, 5.74) is 1.30. The zero-order valence-corrected chi connectivity index (χ0v) is 12.7. The molecule has 1 saturated heterocycles. The molecule has 0 saturated carbocycles. The fourth-order valence-corrected chi connectivity index (χ4v) is 2.53. The summed E-state index contributed by atoms with van der Waals surface area (Å²) in [6.07, 6.45) is 6.69. The van der Waals surface area contributed by atoms with Crippen LogP contribution in [0.15, 0.2) is 53.2 Å². The highest BCUT2D eigenvalue weighted by Crippen LogP contribution is 2.15. The highest BCUT2D eigenvalue weighted by atomic mass is 16.3. The van der Waals surface area contributed by atoms with Gasteiger partial charge in [-0.25, -0.2) is 0 Å². The van der Waals surface area contributed by atoms with Gasteiger partial charge in [-0.1, -0.05) is 0 Å². The third-order valence-electron chi connectivity index (χ3n) is 3.73. The Balaban J connectivity index is 1.58. The minimum Gasteiger partial charge on any atom is -0.465 e. The van der Waals surface area contributed by atoms with Gasteiger partial charge in [0, 0.05) is 30.4 Å². The van der Waals surface area contributed by atoms with E-state index in [4.69, 9.17) is 4.42 Å². The molecule has 2 aromatic rings. The maximum atomic E-state index is 12.2. The number of nitrogens with one attached hydrogen (secondary N) is 1. The van der Waals surface area contributed by atoms with Crippen molar-refractivity contribution in [2.75, 3.05) is 18.4 Å². The molecule has 1 fully saturated rings.